The van der Waals surface area contributed by atoms with Crippen LogP contribution in [0.2, 0.25) is 0 Å². The molecule has 0 bridgehead atoms. The first-order valence-electron chi connectivity index (χ1n) is 12.0. The van der Waals surface area contributed by atoms with Gasteiger partial charge in [0, 0.05) is 23.3 Å². The fourth-order valence-corrected chi connectivity index (χ4v) is 4.77. The first-order valence-corrected chi connectivity index (χ1v) is 12.0. The Labute approximate surface area is 186 Å². The predicted molar refractivity (Wildman–Crippen MR) is 130 cm³/mol. The molecule has 0 saturated heterocycles. The Kier molecular flexibility index (Phi) is 7.74. The molecule has 4 nitrogen and oxygen atoms in total. The van der Waals surface area contributed by atoms with Crippen LogP contribution in [0.5, 0.6) is 5.75 Å². The lowest BCUT2D eigenvalue weighted by molar-refractivity contribution is 0.461. The number of hydrogen-bond acceptors (Lipinski definition) is 4. The Hall–Kier alpha value is -2.36. The summed E-state index contributed by atoms with van der Waals surface area (Å²) < 4.78 is 0. The molecule has 0 unspecified atom stereocenters. The van der Waals surface area contributed by atoms with E-state index in [1.165, 1.54) is 63.4 Å². The van der Waals surface area contributed by atoms with Crippen molar-refractivity contribution in [3.8, 4) is 5.75 Å². The van der Waals surface area contributed by atoms with Crippen LogP contribution in [0.15, 0.2) is 39.6 Å². The monoisotopic (exact) mass is 423 g/mol. The van der Waals surface area contributed by atoms with Crippen LogP contribution in [-0.4, -0.2) is 11.7 Å². The number of rotatable bonds is 12. The van der Waals surface area contributed by atoms with Crippen molar-refractivity contribution < 1.29 is 5.11 Å². The number of allylic oxidation sites excluding steroid dienone is 1. The first-order chi connectivity index (χ1) is 14.9. The zero-order chi connectivity index (χ0) is 22.4. The maximum Gasteiger partial charge on any atom is 0.268 e. The van der Waals surface area contributed by atoms with Gasteiger partial charge in [-0.15, -0.1) is 0 Å². The third kappa shape index (κ3) is 4.94. The second kappa shape index (κ2) is 10.3. The van der Waals surface area contributed by atoms with Gasteiger partial charge in [0.15, 0.2) is 5.75 Å². The molecule has 2 aromatic carbocycles. The lowest BCUT2D eigenvalue weighted by atomic mass is 9.83. The van der Waals surface area contributed by atoms with Gasteiger partial charge >= 0.3 is 0 Å². The normalized spacial score (nSPS) is 16.4. The number of benzene rings is 1. The summed E-state index contributed by atoms with van der Waals surface area (Å²) in [5, 5.41) is 9.89. The van der Waals surface area contributed by atoms with E-state index in [2.05, 4.69) is 37.8 Å². The van der Waals surface area contributed by atoms with Crippen LogP contribution in [-0.2, 0) is 5.41 Å². The molecule has 1 heterocycles. The topological polar surface area (TPSA) is 57.6 Å². The second-order valence-electron chi connectivity index (χ2n) is 9.43. The molecular formula is C27H37NO3. The van der Waals surface area contributed by atoms with Gasteiger partial charge in [0.1, 0.15) is 0 Å². The van der Waals surface area contributed by atoms with E-state index < -0.39 is 16.6 Å². The minimum Gasteiger partial charge on any atom is -0.504 e. The van der Waals surface area contributed by atoms with Crippen LogP contribution in [0.4, 0.5) is 5.69 Å². The van der Waals surface area contributed by atoms with Crippen molar-refractivity contribution in [3.63, 3.8) is 0 Å². The minimum absolute atomic E-state index is 0.147. The Morgan fingerprint density at radius 1 is 0.871 bits per heavy atom. The number of fused-ring (bicyclic) bond motifs is 1. The van der Waals surface area contributed by atoms with Crippen molar-refractivity contribution in [2.75, 3.05) is 11.4 Å². The molecule has 0 fully saturated rings. The van der Waals surface area contributed by atoms with Gasteiger partial charge < -0.3 is 10.0 Å². The van der Waals surface area contributed by atoms with E-state index in [1.807, 2.05) is 12.1 Å². The number of aromatic hydroxyl groups is 1. The highest BCUT2D eigenvalue weighted by atomic mass is 16.3. The molecule has 1 aliphatic heterocycles. The fraction of sp³-hybridized carbons (Fsp3) is 0.556. The van der Waals surface area contributed by atoms with Crippen LogP contribution in [0.1, 0.15) is 96.1 Å². The summed E-state index contributed by atoms with van der Waals surface area (Å²) in [6.45, 7) is 7.40. The maximum absolute atomic E-state index is 12.0. The Bertz CT molecular complexity index is 979. The summed E-state index contributed by atoms with van der Waals surface area (Å²) in [4.78, 5) is 25.7. The first kappa shape index (κ1) is 23.3. The zero-order valence-corrected chi connectivity index (χ0v) is 19.4. The highest BCUT2D eigenvalue weighted by molar-refractivity contribution is 5.77. The van der Waals surface area contributed by atoms with Crippen molar-refractivity contribution >= 4 is 11.8 Å². The van der Waals surface area contributed by atoms with E-state index in [0.717, 1.165) is 24.4 Å². The summed E-state index contributed by atoms with van der Waals surface area (Å²) in [5.74, 6) is -0.400. The Morgan fingerprint density at radius 2 is 1.45 bits per heavy atom. The van der Waals surface area contributed by atoms with Crippen molar-refractivity contribution in [2.24, 2.45) is 0 Å². The average molecular weight is 424 g/mol. The summed E-state index contributed by atoms with van der Waals surface area (Å²) in [5.41, 5.74) is 1.85. The molecule has 3 rings (SSSR count). The number of unbranched alkanes of at least 4 members (excludes halogenated alkanes) is 9. The summed E-state index contributed by atoms with van der Waals surface area (Å²) in [6.07, 6.45) is 14.6. The van der Waals surface area contributed by atoms with Gasteiger partial charge in [-0.2, -0.15) is 0 Å². The van der Waals surface area contributed by atoms with Crippen molar-refractivity contribution in [3.05, 3.63) is 61.5 Å². The molecule has 0 aromatic heterocycles. The number of hydrogen-bond donors (Lipinski definition) is 1. The Balaban J connectivity index is 1.62. The minimum atomic E-state index is -0.776. The quantitative estimate of drug-likeness (QED) is 0.334. The van der Waals surface area contributed by atoms with Crippen molar-refractivity contribution in [1.82, 2.24) is 0 Å². The molecular weight excluding hydrogens is 386 g/mol. The smallest absolute Gasteiger partial charge is 0.268 e. The van der Waals surface area contributed by atoms with Gasteiger partial charge in [0.25, 0.3) is 5.43 Å². The highest BCUT2D eigenvalue weighted by Gasteiger charge is 2.40. The number of anilines is 1. The van der Waals surface area contributed by atoms with E-state index in [4.69, 9.17) is 0 Å². The van der Waals surface area contributed by atoms with Gasteiger partial charge in [0.2, 0.25) is 5.43 Å². The summed E-state index contributed by atoms with van der Waals surface area (Å²) in [6, 6.07) is 8.33. The summed E-state index contributed by atoms with van der Waals surface area (Å²) >= 11 is 0. The van der Waals surface area contributed by atoms with E-state index in [-0.39, 0.29) is 11.0 Å². The third-order valence-corrected chi connectivity index (χ3v) is 6.74. The van der Waals surface area contributed by atoms with Crippen LogP contribution < -0.4 is 15.8 Å². The van der Waals surface area contributed by atoms with Crippen molar-refractivity contribution in [2.45, 2.75) is 90.4 Å². The van der Waals surface area contributed by atoms with Crippen LogP contribution in [0, 0.1) is 0 Å². The lowest BCUT2D eigenvalue weighted by Gasteiger charge is -2.27. The standard InChI is InChI=1S/C27H37NO3/c1-4-5-6-7-8-9-10-11-12-15-18-28-22-17-14-13-16-21(22)27(2,3)23(28)19-20-24(29)26(31)25(20)30/h13-14,16-17,19,29H,4-12,15,18H2,1-3H3/b23-19+. The molecule has 168 valence electrons. The molecule has 0 spiro atoms. The number of para-hydroxylation sites is 1. The van der Waals surface area contributed by atoms with Gasteiger partial charge in [-0.3, -0.25) is 9.59 Å². The highest BCUT2D eigenvalue weighted by Crippen LogP contribution is 2.48. The van der Waals surface area contributed by atoms with Crippen LogP contribution in [0.25, 0.3) is 6.08 Å². The van der Waals surface area contributed by atoms with Gasteiger partial charge in [0.05, 0.1) is 5.56 Å². The maximum atomic E-state index is 12.0. The molecule has 1 N–H and O–H groups in total. The van der Waals surface area contributed by atoms with Gasteiger partial charge in [-0.1, -0.05) is 96.8 Å². The molecule has 4 heteroatoms. The van der Waals surface area contributed by atoms with Crippen LogP contribution in [0.3, 0.4) is 0 Å². The SMILES string of the molecule is CCCCCCCCCCCCN1/C(=C/c2c(O)c(=O)c2=O)C(C)(C)c2ccccc21. The molecule has 0 atom stereocenters. The zero-order valence-electron chi connectivity index (χ0n) is 19.4. The Morgan fingerprint density at radius 3 is 2.06 bits per heavy atom. The molecule has 0 aliphatic carbocycles. The third-order valence-electron chi connectivity index (χ3n) is 6.74. The molecule has 0 radical (unpaired) electrons. The predicted octanol–water partition coefficient (Wildman–Crippen LogP) is 6.05. The molecule has 0 saturated carbocycles. The average Bonchev–Trinajstić information content (AvgIpc) is 2.99. The lowest BCUT2D eigenvalue weighted by Crippen LogP contribution is -2.34. The van der Waals surface area contributed by atoms with E-state index in [0.29, 0.717) is 0 Å². The fourth-order valence-electron chi connectivity index (χ4n) is 4.77. The molecule has 31 heavy (non-hydrogen) atoms. The van der Waals surface area contributed by atoms with E-state index in [1.54, 1.807) is 6.08 Å². The van der Waals surface area contributed by atoms with Crippen molar-refractivity contribution in [1.29, 1.82) is 0 Å². The molecule has 1 aliphatic rings. The van der Waals surface area contributed by atoms with Gasteiger partial charge in [-0.25, -0.2) is 0 Å². The van der Waals surface area contributed by atoms with Gasteiger partial charge in [-0.05, 0) is 24.1 Å². The molecule has 0 amide bonds. The number of nitrogens with zero attached hydrogens (tertiary/aromatic N) is 1. The summed E-state index contributed by atoms with van der Waals surface area (Å²) in [7, 11) is 0. The largest absolute Gasteiger partial charge is 0.504 e. The van der Waals surface area contributed by atoms with E-state index >= 15 is 0 Å². The van der Waals surface area contributed by atoms with Crippen LogP contribution >= 0.6 is 0 Å². The van der Waals surface area contributed by atoms with E-state index in [9.17, 15) is 14.7 Å². The molecule has 2 aromatic rings. The second-order valence-corrected chi connectivity index (χ2v) is 9.43.